The molecule has 0 saturated heterocycles. The van der Waals surface area contributed by atoms with E-state index < -0.39 is 5.60 Å². The van der Waals surface area contributed by atoms with Crippen LogP contribution in [0.25, 0.3) is 0 Å². The van der Waals surface area contributed by atoms with Crippen LogP contribution in [0, 0.1) is 12.8 Å². The zero-order chi connectivity index (χ0) is 16.0. The first-order valence-corrected chi connectivity index (χ1v) is 7.07. The summed E-state index contributed by atoms with van der Waals surface area (Å²) in [7, 11) is 0. The quantitative estimate of drug-likeness (QED) is 0.738. The summed E-state index contributed by atoms with van der Waals surface area (Å²) in [5.41, 5.74) is 0.452. The van der Waals surface area contributed by atoms with E-state index in [2.05, 4.69) is 10.6 Å². The van der Waals surface area contributed by atoms with Crippen molar-refractivity contribution in [3.8, 4) is 0 Å². The number of hydrogen-bond donors (Lipinski definition) is 3. The Balaban J connectivity index is 2.44. The topological polar surface area (TPSA) is 78.4 Å². The maximum Gasteiger partial charge on any atom is 0.251 e. The van der Waals surface area contributed by atoms with E-state index >= 15 is 0 Å². The normalized spacial score (nSPS) is 13.6. The molecule has 5 nitrogen and oxygen atoms in total. The highest BCUT2D eigenvalue weighted by atomic mass is 16.3. The van der Waals surface area contributed by atoms with Gasteiger partial charge in [-0.25, -0.2) is 0 Å². The van der Waals surface area contributed by atoms with E-state index in [9.17, 15) is 14.7 Å². The summed E-state index contributed by atoms with van der Waals surface area (Å²) in [4.78, 5) is 23.6. The third-order valence-electron chi connectivity index (χ3n) is 3.69. The Labute approximate surface area is 125 Å². The molecule has 1 aromatic carbocycles. The highest BCUT2D eigenvalue weighted by Gasteiger charge is 2.25. The molecule has 1 atom stereocenters. The SMILES string of the molecule is Cc1ccccc1C(=O)NCC(=O)NCC(C)(O)C(C)C. The maximum absolute atomic E-state index is 11.9. The molecule has 5 heteroatoms. The minimum Gasteiger partial charge on any atom is -0.388 e. The molecule has 0 aliphatic heterocycles. The third-order valence-corrected chi connectivity index (χ3v) is 3.69. The van der Waals surface area contributed by atoms with Crippen molar-refractivity contribution in [2.24, 2.45) is 5.92 Å². The molecule has 0 heterocycles. The number of benzene rings is 1. The van der Waals surface area contributed by atoms with Crippen LogP contribution < -0.4 is 10.6 Å². The lowest BCUT2D eigenvalue weighted by Crippen LogP contribution is -2.47. The first-order valence-electron chi connectivity index (χ1n) is 7.07. The Morgan fingerprint density at radius 2 is 1.86 bits per heavy atom. The van der Waals surface area contributed by atoms with Gasteiger partial charge in [-0.3, -0.25) is 9.59 Å². The van der Waals surface area contributed by atoms with Gasteiger partial charge in [0.15, 0.2) is 0 Å². The van der Waals surface area contributed by atoms with Crippen molar-refractivity contribution in [3.05, 3.63) is 35.4 Å². The minimum absolute atomic E-state index is 0.0272. The molecule has 0 fully saturated rings. The zero-order valence-electron chi connectivity index (χ0n) is 13.1. The van der Waals surface area contributed by atoms with Gasteiger partial charge in [0, 0.05) is 12.1 Å². The van der Waals surface area contributed by atoms with Crippen LogP contribution in [0.3, 0.4) is 0 Å². The molecular weight excluding hydrogens is 268 g/mol. The molecule has 3 N–H and O–H groups in total. The van der Waals surface area contributed by atoms with Crippen LogP contribution in [0.1, 0.15) is 36.7 Å². The fraction of sp³-hybridized carbons (Fsp3) is 0.500. The van der Waals surface area contributed by atoms with Gasteiger partial charge < -0.3 is 15.7 Å². The molecule has 1 aromatic rings. The van der Waals surface area contributed by atoms with Gasteiger partial charge in [0.2, 0.25) is 5.91 Å². The molecule has 0 aromatic heterocycles. The molecule has 1 rings (SSSR count). The summed E-state index contributed by atoms with van der Waals surface area (Å²) >= 11 is 0. The number of aryl methyl sites for hydroxylation is 1. The Morgan fingerprint density at radius 1 is 1.24 bits per heavy atom. The molecule has 0 aliphatic rings. The third kappa shape index (κ3) is 5.19. The summed E-state index contributed by atoms with van der Waals surface area (Å²) in [5, 5.41) is 15.2. The Kier molecular flexibility index (Phi) is 5.90. The van der Waals surface area contributed by atoms with Gasteiger partial charge in [-0.05, 0) is 31.4 Å². The number of carbonyl (C=O) groups excluding carboxylic acids is 2. The smallest absolute Gasteiger partial charge is 0.251 e. The van der Waals surface area contributed by atoms with Gasteiger partial charge in [-0.1, -0.05) is 32.0 Å². The van der Waals surface area contributed by atoms with E-state index in [4.69, 9.17) is 0 Å². The van der Waals surface area contributed by atoms with E-state index in [0.717, 1.165) is 5.56 Å². The minimum atomic E-state index is -0.963. The highest BCUT2D eigenvalue weighted by molar-refractivity contribution is 5.97. The Hall–Kier alpha value is -1.88. The number of hydrogen-bond acceptors (Lipinski definition) is 3. The average molecular weight is 292 g/mol. The molecule has 0 bridgehead atoms. The van der Waals surface area contributed by atoms with Crippen molar-refractivity contribution in [1.82, 2.24) is 10.6 Å². The van der Waals surface area contributed by atoms with Crippen LogP contribution in [0.15, 0.2) is 24.3 Å². The predicted octanol–water partition coefficient (Wildman–Crippen LogP) is 1.25. The summed E-state index contributed by atoms with van der Waals surface area (Å²) in [5.74, 6) is -0.573. The van der Waals surface area contributed by atoms with E-state index in [-0.39, 0.29) is 30.8 Å². The summed E-state index contributed by atoms with van der Waals surface area (Å²) < 4.78 is 0. The molecule has 1 unspecified atom stereocenters. The van der Waals surface area contributed by atoms with Crippen LogP contribution >= 0.6 is 0 Å². The Morgan fingerprint density at radius 3 is 2.43 bits per heavy atom. The number of rotatable bonds is 6. The van der Waals surface area contributed by atoms with Crippen molar-refractivity contribution in [3.63, 3.8) is 0 Å². The van der Waals surface area contributed by atoms with Crippen molar-refractivity contribution >= 4 is 11.8 Å². The lowest BCUT2D eigenvalue weighted by atomic mass is 9.92. The van der Waals surface area contributed by atoms with Crippen molar-refractivity contribution in [2.45, 2.75) is 33.3 Å². The van der Waals surface area contributed by atoms with Crippen LogP contribution in [0.2, 0.25) is 0 Å². The van der Waals surface area contributed by atoms with Gasteiger partial charge in [-0.2, -0.15) is 0 Å². The van der Waals surface area contributed by atoms with E-state index in [1.807, 2.05) is 32.9 Å². The lowest BCUT2D eigenvalue weighted by Gasteiger charge is -2.27. The average Bonchev–Trinajstić information content (AvgIpc) is 2.43. The summed E-state index contributed by atoms with van der Waals surface area (Å²) in [6.45, 7) is 7.32. The number of aliphatic hydroxyl groups is 1. The van der Waals surface area contributed by atoms with Gasteiger partial charge in [0.1, 0.15) is 0 Å². The number of nitrogens with one attached hydrogen (secondary N) is 2. The standard InChI is InChI=1S/C16H24N2O3/c1-11(2)16(4,21)10-18-14(19)9-17-15(20)13-8-6-5-7-12(13)3/h5-8,11,21H,9-10H2,1-4H3,(H,17,20)(H,18,19). The van der Waals surface area contributed by atoms with Crippen LogP contribution in [-0.4, -0.2) is 35.6 Å². The largest absolute Gasteiger partial charge is 0.388 e. The first-order chi connectivity index (χ1) is 9.74. The second kappa shape index (κ2) is 7.22. The molecule has 0 aliphatic carbocycles. The van der Waals surface area contributed by atoms with Gasteiger partial charge >= 0.3 is 0 Å². The molecule has 0 radical (unpaired) electrons. The monoisotopic (exact) mass is 292 g/mol. The fourth-order valence-corrected chi connectivity index (χ4v) is 1.63. The molecule has 0 spiro atoms. The molecule has 2 amide bonds. The summed E-state index contributed by atoms with van der Waals surface area (Å²) in [6, 6.07) is 7.19. The highest BCUT2D eigenvalue weighted by Crippen LogP contribution is 2.14. The predicted molar refractivity (Wildman–Crippen MR) is 82.0 cm³/mol. The Bertz CT molecular complexity index is 510. The number of amides is 2. The molecule has 116 valence electrons. The second-order valence-electron chi connectivity index (χ2n) is 5.79. The number of carbonyl (C=O) groups is 2. The van der Waals surface area contributed by atoms with Crippen molar-refractivity contribution < 1.29 is 14.7 Å². The van der Waals surface area contributed by atoms with E-state index in [1.165, 1.54) is 0 Å². The van der Waals surface area contributed by atoms with E-state index in [0.29, 0.717) is 5.56 Å². The molecule has 21 heavy (non-hydrogen) atoms. The first kappa shape index (κ1) is 17.2. The summed E-state index contributed by atoms with van der Waals surface area (Å²) in [6.07, 6.45) is 0. The fourth-order valence-electron chi connectivity index (χ4n) is 1.63. The second-order valence-corrected chi connectivity index (χ2v) is 5.79. The lowest BCUT2D eigenvalue weighted by molar-refractivity contribution is -0.121. The van der Waals surface area contributed by atoms with Crippen molar-refractivity contribution in [2.75, 3.05) is 13.1 Å². The molecule has 0 saturated carbocycles. The van der Waals surface area contributed by atoms with Crippen LogP contribution in [-0.2, 0) is 4.79 Å². The maximum atomic E-state index is 11.9. The van der Waals surface area contributed by atoms with Crippen LogP contribution in [0.4, 0.5) is 0 Å². The van der Waals surface area contributed by atoms with Gasteiger partial charge in [0.05, 0.1) is 12.1 Å². The zero-order valence-corrected chi connectivity index (χ0v) is 13.1. The van der Waals surface area contributed by atoms with Crippen LogP contribution in [0.5, 0.6) is 0 Å². The van der Waals surface area contributed by atoms with E-state index in [1.54, 1.807) is 19.1 Å². The van der Waals surface area contributed by atoms with Gasteiger partial charge in [-0.15, -0.1) is 0 Å². The van der Waals surface area contributed by atoms with Gasteiger partial charge in [0.25, 0.3) is 5.91 Å². The van der Waals surface area contributed by atoms with Crippen molar-refractivity contribution in [1.29, 1.82) is 0 Å². The molecular formula is C16H24N2O3.